The summed E-state index contributed by atoms with van der Waals surface area (Å²) in [6.07, 6.45) is 2.59. The first kappa shape index (κ1) is 13.8. The van der Waals surface area contributed by atoms with Crippen molar-refractivity contribution in [2.45, 2.75) is 26.0 Å². The Hall–Kier alpha value is -1.59. The number of ether oxygens (including phenoxy) is 2. The lowest BCUT2D eigenvalue weighted by atomic mass is 10.1. The monoisotopic (exact) mass is 278 g/mol. The second-order valence-corrected chi connectivity index (χ2v) is 5.36. The largest absolute Gasteiger partial charge is 0.493 e. The minimum atomic E-state index is 0.125. The first-order chi connectivity index (χ1) is 9.19. The van der Waals surface area contributed by atoms with Gasteiger partial charge in [0.15, 0.2) is 11.5 Å². The molecular formula is C14H18N2O2S. The van der Waals surface area contributed by atoms with Crippen molar-refractivity contribution in [3.05, 3.63) is 40.3 Å². The van der Waals surface area contributed by atoms with Crippen molar-refractivity contribution in [3.8, 4) is 11.5 Å². The smallest absolute Gasteiger partial charge is 0.162 e. The molecular weight excluding hydrogens is 260 g/mol. The molecule has 0 saturated heterocycles. The van der Waals surface area contributed by atoms with E-state index < -0.39 is 0 Å². The fourth-order valence-corrected chi connectivity index (χ4v) is 2.32. The number of nitrogens with two attached hydrogens (primary N) is 1. The average molecular weight is 278 g/mol. The van der Waals surface area contributed by atoms with Gasteiger partial charge >= 0.3 is 0 Å². The summed E-state index contributed by atoms with van der Waals surface area (Å²) in [4.78, 5) is 4.19. The number of hydrogen-bond acceptors (Lipinski definition) is 5. The molecule has 0 aliphatic heterocycles. The van der Waals surface area contributed by atoms with Crippen LogP contribution in [0.3, 0.4) is 0 Å². The number of benzene rings is 1. The normalized spacial score (nSPS) is 12.2. The number of methoxy groups -OCH3 is 1. The van der Waals surface area contributed by atoms with Crippen molar-refractivity contribution in [2.75, 3.05) is 7.11 Å². The topological polar surface area (TPSA) is 57.4 Å². The Bertz CT molecular complexity index is 512. The van der Waals surface area contributed by atoms with Gasteiger partial charge in [0.25, 0.3) is 0 Å². The van der Waals surface area contributed by atoms with E-state index in [1.165, 1.54) is 0 Å². The van der Waals surface area contributed by atoms with Gasteiger partial charge in [-0.1, -0.05) is 6.07 Å². The third kappa shape index (κ3) is 3.94. The number of thiazole rings is 1. The van der Waals surface area contributed by atoms with Gasteiger partial charge in [0, 0.05) is 17.6 Å². The standard InChI is InChI=1S/C14H18N2O2S/c1-10(15)7-11-3-4-12(17-2)13(8-11)18-9-14-16-5-6-19-14/h3-6,8,10H,7,9,15H2,1-2H3. The SMILES string of the molecule is COc1ccc(CC(C)N)cc1OCc1nccs1. The Labute approximate surface area is 117 Å². The maximum atomic E-state index is 5.82. The van der Waals surface area contributed by atoms with Gasteiger partial charge in [-0.3, -0.25) is 0 Å². The number of rotatable bonds is 6. The van der Waals surface area contributed by atoms with Gasteiger partial charge in [-0.05, 0) is 31.0 Å². The van der Waals surface area contributed by atoms with E-state index in [1.54, 1.807) is 24.6 Å². The van der Waals surface area contributed by atoms with Gasteiger partial charge in [-0.25, -0.2) is 4.98 Å². The van der Waals surface area contributed by atoms with Crippen LogP contribution in [0.25, 0.3) is 0 Å². The predicted octanol–water partition coefficient (Wildman–Crippen LogP) is 2.62. The molecule has 102 valence electrons. The summed E-state index contributed by atoms with van der Waals surface area (Å²) in [6.45, 7) is 2.44. The quantitative estimate of drug-likeness (QED) is 0.882. The molecule has 0 amide bonds. The van der Waals surface area contributed by atoms with E-state index in [-0.39, 0.29) is 6.04 Å². The third-order valence-electron chi connectivity index (χ3n) is 2.62. The first-order valence-electron chi connectivity index (χ1n) is 6.12. The summed E-state index contributed by atoms with van der Waals surface area (Å²) in [5, 5.41) is 2.88. The van der Waals surface area contributed by atoms with Crippen molar-refractivity contribution >= 4 is 11.3 Å². The summed E-state index contributed by atoms with van der Waals surface area (Å²) in [5.41, 5.74) is 6.96. The molecule has 0 fully saturated rings. The van der Waals surface area contributed by atoms with E-state index >= 15 is 0 Å². The molecule has 1 atom stereocenters. The molecule has 0 aliphatic carbocycles. The van der Waals surface area contributed by atoms with E-state index in [9.17, 15) is 0 Å². The van der Waals surface area contributed by atoms with Crippen molar-refractivity contribution in [1.82, 2.24) is 4.98 Å². The van der Waals surface area contributed by atoms with Crippen LogP contribution in [0.4, 0.5) is 0 Å². The second-order valence-electron chi connectivity index (χ2n) is 4.38. The van der Waals surface area contributed by atoms with Crippen molar-refractivity contribution in [3.63, 3.8) is 0 Å². The van der Waals surface area contributed by atoms with E-state index in [1.807, 2.05) is 30.5 Å². The van der Waals surface area contributed by atoms with Crippen molar-refractivity contribution < 1.29 is 9.47 Å². The summed E-state index contributed by atoms with van der Waals surface area (Å²) in [7, 11) is 1.64. The number of nitrogens with zero attached hydrogens (tertiary/aromatic N) is 1. The lowest BCUT2D eigenvalue weighted by Gasteiger charge is -2.12. The second kappa shape index (κ2) is 6.54. The van der Waals surface area contributed by atoms with Crippen LogP contribution in [-0.2, 0) is 13.0 Å². The van der Waals surface area contributed by atoms with Gasteiger partial charge in [-0.15, -0.1) is 11.3 Å². The highest BCUT2D eigenvalue weighted by molar-refractivity contribution is 7.09. The molecule has 1 aromatic carbocycles. The van der Waals surface area contributed by atoms with Gasteiger partial charge in [0.05, 0.1) is 7.11 Å². The van der Waals surface area contributed by atoms with E-state index in [2.05, 4.69) is 4.98 Å². The number of hydrogen-bond donors (Lipinski definition) is 1. The minimum Gasteiger partial charge on any atom is -0.493 e. The summed E-state index contributed by atoms with van der Waals surface area (Å²) in [5.74, 6) is 1.46. The zero-order valence-electron chi connectivity index (χ0n) is 11.1. The zero-order chi connectivity index (χ0) is 13.7. The fourth-order valence-electron chi connectivity index (χ4n) is 1.80. The van der Waals surface area contributed by atoms with Crippen LogP contribution in [0.15, 0.2) is 29.8 Å². The Morgan fingerprint density at radius 2 is 2.21 bits per heavy atom. The Balaban J connectivity index is 2.11. The predicted molar refractivity (Wildman–Crippen MR) is 76.8 cm³/mol. The molecule has 5 heteroatoms. The molecule has 0 saturated carbocycles. The van der Waals surface area contributed by atoms with E-state index in [0.29, 0.717) is 6.61 Å². The molecule has 4 nitrogen and oxygen atoms in total. The van der Waals surface area contributed by atoms with Crippen LogP contribution in [0, 0.1) is 0 Å². The molecule has 2 rings (SSSR count). The maximum absolute atomic E-state index is 5.82. The van der Waals surface area contributed by atoms with Crippen LogP contribution >= 0.6 is 11.3 Å². The third-order valence-corrected chi connectivity index (χ3v) is 3.37. The Morgan fingerprint density at radius 1 is 1.37 bits per heavy atom. The Kier molecular flexibility index (Phi) is 4.76. The average Bonchev–Trinajstić information content (AvgIpc) is 2.89. The minimum absolute atomic E-state index is 0.125. The van der Waals surface area contributed by atoms with Crippen molar-refractivity contribution in [1.29, 1.82) is 0 Å². The summed E-state index contributed by atoms with van der Waals surface area (Å²) in [6, 6.07) is 6.03. The molecule has 1 heterocycles. The first-order valence-corrected chi connectivity index (χ1v) is 7.00. The molecule has 1 unspecified atom stereocenters. The summed E-state index contributed by atoms with van der Waals surface area (Å²) < 4.78 is 11.1. The molecule has 2 aromatic rings. The van der Waals surface area contributed by atoms with Crippen LogP contribution < -0.4 is 15.2 Å². The summed E-state index contributed by atoms with van der Waals surface area (Å²) >= 11 is 1.57. The molecule has 2 N–H and O–H groups in total. The van der Waals surface area contributed by atoms with Gasteiger partial charge < -0.3 is 15.2 Å². The lowest BCUT2D eigenvalue weighted by Crippen LogP contribution is -2.17. The van der Waals surface area contributed by atoms with Gasteiger partial charge in [0.2, 0.25) is 0 Å². The highest BCUT2D eigenvalue weighted by Crippen LogP contribution is 2.29. The molecule has 0 radical (unpaired) electrons. The molecule has 19 heavy (non-hydrogen) atoms. The lowest BCUT2D eigenvalue weighted by molar-refractivity contribution is 0.283. The fraction of sp³-hybridized carbons (Fsp3) is 0.357. The molecule has 0 aliphatic rings. The van der Waals surface area contributed by atoms with Crippen LogP contribution in [0.5, 0.6) is 11.5 Å². The highest BCUT2D eigenvalue weighted by atomic mass is 32.1. The van der Waals surface area contributed by atoms with E-state index in [4.69, 9.17) is 15.2 Å². The van der Waals surface area contributed by atoms with Gasteiger partial charge in [0.1, 0.15) is 11.6 Å². The van der Waals surface area contributed by atoms with Crippen molar-refractivity contribution in [2.24, 2.45) is 5.73 Å². The van der Waals surface area contributed by atoms with Crippen LogP contribution in [0.1, 0.15) is 17.5 Å². The molecule has 0 bridgehead atoms. The maximum Gasteiger partial charge on any atom is 0.162 e. The molecule has 1 aromatic heterocycles. The highest BCUT2D eigenvalue weighted by Gasteiger charge is 2.08. The molecule has 0 spiro atoms. The Morgan fingerprint density at radius 3 is 2.84 bits per heavy atom. The number of aromatic nitrogens is 1. The van der Waals surface area contributed by atoms with Crippen LogP contribution in [-0.4, -0.2) is 18.1 Å². The van der Waals surface area contributed by atoms with Crippen LogP contribution in [0.2, 0.25) is 0 Å². The van der Waals surface area contributed by atoms with E-state index in [0.717, 1.165) is 28.5 Å². The zero-order valence-corrected chi connectivity index (χ0v) is 11.9. The van der Waals surface area contributed by atoms with Gasteiger partial charge in [-0.2, -0.15) is 0 Å².